The van der Waals surface area contributed by atoms with Crippen LogP contribution in [0.2, 0.25) is 0 Å². The van der Waals surface area contributed by atoms with E-state index in [9.17, 15) is 19.8 Å². The van der Waals surface area contributed by atoms with Gasteiger partial charge in [-0.15, -0.1) is 11.8 Å². The van der Waals surface area contributed by atoms with Crippen molar-refractivity contribution in [3.63, 3.8) is 0 Å². The molecule has 7 nitrogen and oxygen atoms in total. The minimum absolute atomic E-state index is 0.358. The fraction of sp³-hybridized carbons (Fsp3) is 0.300. The zero-order chi connectivity index (χ0) is 19.7. The monoisotopic (exact) mass is 400 g/mol. The van der Waals surface area contributed by atoms with Gasteiger partial charge in [0.2, 0.25) is 0 Å². The van der Waals surface area contributed by atoms with Gasteiger partial charge in [0.25, 0.3) is 5.56 Å². The number of nitrogens with one attached hydrogen (secondary N) is 1. The first-order chi connectivity index (χ1) is 13.6. The summed E-state index contributed by atoms with van der Waals surface area (Å²) < 4.78 is 6.97. The highest BCUT2D eigenvalue weighted by Crippen LogP contribution is 2.38. The zero-order valence-electron chi connectivity index (χ0n) is 14.9. The van der Waals surface area contributed by atoms with Gasteiger partial charge in [-0.25, -0.2) is 4.79 Å². The number of aromatic amines is 1. The highest BCUT2D eigenvalue weighted by atomic mass is 32.2. The largest absolute Gasteiger partial charge is 0.394 e. The summed E-state index contributed by atoms with van der Waals surface area (Å²) in [5.74, 6) is 0.600. The van der Waals surface area contributed by atoms with Crippen LogP contribution in [-0.2, 0) is 10.5 Å². The van der Waals surface area contributed by atoms with Crippen LogP contribution >= 0.6 is 11.8 Å². The molecule has 1 aliphatic rings. The number of fused-ring (bicyclic) bond motifs is 1. The second kappa shape index (κ2) is 7.92. The quantitative estimate of drug-likeness (QED) is 0.595. The molecule has 0 aliphatic carbocycles. The van der Waals surface area contributed by atoms with Crippen LogP contribution in [0.25, 0.3) is 10.8 Å². The molecule has 28 heavy (non-hydrogen) atoms. The third-order valence-corrected chi connectivity index (χ3v) is 6.27. The van der Waals surface area contributed by atoms with Crippen molar-refractivity contribution in [3.8, 4) is 0 Å². The number of H-pyrrole nitrogens is 1. The van der Waals surface area contributed by atoms with Gasteiger partial charge < -0.3 is 14.9 Å². The van der Waals surface area contributed by atoms with Gasteiger partial charge in [0.1, 0.15) is 6.10 Å². The van der Waals surface area contributed by atoms with Crippen molar-refractivity contribution in [2.24, 2.45) is 0 Å². The Hall–Kier alpha value is -2.39. The lowest BCUT2D eigenvalue weighted by Crippen LogP contribution is -2.36. The Morgan fingerprint density at radius 2 is 1.89 bits per heavy atom. The minimum Gasteiger partial charge on any atom is -0.394 e. The first kappa shape index (κ1) is 18.9. The lowest BCUT2D eigenvalue weighted by atomic mass is 10.1. The van der Waals surface area contributed by atoms with E-state index >= 15 is 0 Å². The molecular formula is C20H20N2O5S. The van der Waals surface area contributed by atoms with Crippen LogP contribution in [0, 0.1) is 0 Å². The summed E-state index contributed by atoms with van der Waals surface area (Å²) in [6.45, 7) is -0.358. The van der Waals surface area contributed by atoms with Crippen LogP contribution in [0.3, 0.4) is 0 Å². The Kier molecular flexibility index (Phi) is 5.36. The third-order valence-electron chi connectivity index (χ3n) is 4.87. The number of aliphatic hydroxyl groups is 2. The summed E-state index contributed by atoms with van der Waals surface area (Å²) in [6.07, 6.45) is -1.18. The highest BCUT2D eigenvalue weighted by molar-refractivity contribution is 7.99. The topological polar surface area (TPSA) is 105 Å². The highest BCUT2D eigenvalue weighted by Gasteiger charge is 2.44. The molecule has 3 aromatic rings. The number of rotatable bonds is 5. The standard InChI is InChI=1S/C20H20N2O5S/c23-10-15-17(25)18(19(27-15)22-8-7-16(24)21-20(22)26)28-11-12-5-6-13-3-1-2-4-14(13)9-12/h1-9,15,17-19,23,25H,10-11H2,(H,21,24,26)/t15-,17?,18+,19-/m1/s1. The lowest BCUT2D eigenvalue weighted by Gasteiger charge is -2.21. The summed E-state index contributed by atoms with van der Waals surface area (Å²) in [6, 6.07) is 15.5. The first-order valence-electron chi connectivity index (χ1n) is 8.92. The fourth-order valence-electron chi connectivity index (χ4n) is 3.42. The number of hydrogen-bond acceptors (Lipinski definition) is 6. The predicted molar refractivity (Wildman–Crippen MR) is 107 cm³/mol. The van der Waals surface area contributed by atoms with Gasteiger partial charge in [-0.05, 0) is 16.3 Å². The van der Waals surface area contributed by atoms with Crippen molar-refractivity contribution in [2.75, 3.05) is 6.61 Å². The Morgan fingerprint density at radius 3 is 2.64 bits per heavy atom. The predicted octanol–water partition coefficient (Wildman–Crippen LogP) is 1.24. The smallest absolute Gasteiger partial charge is 0.330 e. The SMILES string of the molecule is O=c1ccn([C@@H]2O[C@H](CO)C(O)[C@@H]2SCc2ccc3ccccc3c2)c(=O)[nH]1. The molecule has 0 bridgehead atoms. The molecule has 1 fully saturated rings. The van der Waals surface area contributed by atoms with Gasteiger partial charge in [-0.3, -0.25) is 14.3 Å². The average Bonchev–Trinajstić information content (AvgIpc) is 3.01. The number of nitrogens with zero attached hydrogens (tertiary/aromatic N) is 1. The van der Waals surface area contributed by atoms with E-state index in [0.29, 0.717) is 5.75 Å². The Morgan fingerprint density at radius 1 is 1.11 bits per heavy atom. The summed E-state index contributed by atoms with van der Waals surface area (Å²) in [5, 5.41) is 21.9. The molecule has 0 spiro atoms. The van der Waals surface area contributed by atoms with Crippen molar-refractivity contribution < 1.29 is 14.9 Å². The molecule has 8 heteroatoms. The van der Waals surface area contributed by atoms with E-state index in [0.717, 1.165) is 16.3 Å². The summed E-state index contributed by atoms with van der Waals surface area (Å²) in [5.41, 5.74) is -0.0330. The van der Waals surface area contributed by atoms with E-state index in [-0.39, 0.29) is 6.61 Å². The second-order valence-corrected chi connectivity index (χ2v) is 7.88. The van der Waals surface area contributed by atoms with Gasteiger partial charge in [0.15, 0.2) is 6.23 Å². The molecule has 2 heterocycles. The number of benzene rings is 2. The maximum Gasteiger partial charge on any atom is 0.330 e. The normalized spacial score (nSPS) is 24.6. The third kappa shape index (κ3) is 3.64. The zero-order valence-corrected chi connectivity index (χ0v) is 15.7. The van der Waals surface area contributed by atoms with Gasteiger partial charge in [-0.1, -0.05) is 42.5 Å². The van der Waals surface area contributed by atoms with E-state index < -0.39 is 34.9 Å². The lowest BCUT2D eigenvalue weighted by molar-refractivity contribution is -0.0457. The number of ether oxygens (including phenoxy) is 1. The van der Waals surface area contributed by atoms with Crippen molar-refractivity contribution in [2.45, 2.75) is 29.4 Å². The Labute approximate surface area is 164 Å². The molecule has 1 aromatic heterocycles. The van der Waals surface area contributed by atoms with E-state index in [4.69, 9.17) is 4.74 Å². The molecule has 0 saturated carbocycles. The molecule has 1 unspecified atom stereocenters. The molecule has 2 aromatic carbocycles. The first-order valence-corrected chi connectivity index (χ1v) is 9.97. The van der Waals surface area contributed by atoms with Crippen LogP contribution < -0.4 is 11.2 Å². The van der Waals surface area contributed by atoms with Gasteiger partial charge in [0.05, 0.1) is 18.0 Å². The molecule has 146 valence electrons. The van der Waals surface area contributed by atoms with Crippen molar-refractivity contribution >= 4 is 22.5 Å². The molecule has 1 aliphatic heterocycles. The maximum atomic E-state index is 12.2. The second-order valence-electron chi connectivity index (χ2n) is 6.71. The molecular weight excluding hydrogens is 380 g/mol. The van der Waals surface area contributed by atoms with Crippen LogP contribution in [0.1, 0.15) is 11.8 Å². The van der Waals surface area contributed by atoms with Gasteiger partial charge in [-0.2, -0.15) is 0 Å². The van der Waals surface area contributed by atoms with Crippen LogP contribution in [0.5, 0.6) is 0 Å². The van der Waals surface area contributed by atoms with Crippen molar-refractivity contribution in [1.82, 2.24) is 9.55 Å². The number of thioether (sulfide) groups is 1. The number of hydrogen-bond donors (Lipinski definition) is 3. The summed E-state index contributed by atoms with van der Waals surface area (Å²) >= 11 is 1.45. The van der Waals surface area contributed by atoms with Crippen LogP contribution in [-0.4, -0.2) is 43.8 Å². The molecule has 4 atom stereocenters. The minimum atomic E-state index is -0.945. The summed E-state index contributed by atoms with van der Waals surface area (Å²) in [7, 11) is 0. The van der Waals surface area contributed by atoms with E-state index in [2.05, 4.69) is 11.1 Å². The number of aromatic nitrogens is 2. The van der Waals surface area contributed by atoms with Gasteiger partial charge in [0, 0.05) is 18.0 Å². The maximum absolute atomic E-state index is 12.2. The Bertz CT molecular complexity index is 1100. The molecule has 1 saturated heterocycles. The number of aliphatic hydroxyl groups excluding tert-OH is 2. The molecule has 0 amide bonds. The molecule has 4 rings (SSSR count). The average molecular weight is 400 g/mol. The van der Waals surface area contributed by atoms with E-state index in [1.54, 1.807) is 0 Å². The molecule has 0 radical (unpaired) electrons. The van der Waals surface area contributed by atoms with Crippen molar-refractivity contribution in [1.29, 1.82) is 0 Å². The van der Waals surface area contributed by atoms with Crippen molar-refractivity contribution in [3.05, 3.63) is 81.1 Å². The van der Waals surface area contributed by atoms with E-state index in [1.165, 1.54) is 28.6 Å². The summed E-state index contributed by atoms with van der Waals surface area (Å²) in [4.78, 5) is 25.7. The Balaban J connectivity index is 1.58. The van der Waals surface area contributed by atoms with Crippen LogP contribution in [0.4, 0.5) is 0 Å². The van der Waals surface area contributed by atoms with Crippen LogP contribution in [0.15, 0.2) is 64.3 Å². The molecule has 3 N–H and O–H groups in total. The van der Waals surface area contributed by atoms with Gasteiger partial charge >= 0.3 is 5.69 Å². The van der Waals surface area contributed by atoms with E-state index in [1.807, 2.05) is 36.4 Å². The fourth-order valence-corrected chi connectivity index (χ4v) is 4.72.